The molecule has 2 N–H and O–H groups in total. The van der Waals surface area contributed by atoms with Gasteiger partial charge in [-0.3, -0.25) is 0 Å². The maximum atomic E-state index is 10.8. The number of thiazole rings is 1. The zero-order chi connectivity index (χ0) is 12.7. The van der Waals surface area contributed by atoms with E-state index in [4.69, 9.17) is 5.11 Å². The molecule has 0 aliphatic rings. The van der Waals surface area contributed by atoms with Crippen molar-refractivity contribution in [2.45, 2.75) is 6.92 Å². The number of aromatic amines is 1. The van der Waals surface area contributed by atoms with Gasteiger partial charge in [0, 0.05) is 10.9 Å². The molecular formula is C12H9N3O2S. The number of carbonyl (C=O) groups is 1. The van der Waals surface area contributed by atoms with E-state index < -0.39 is 5.97 Å². The zero-order valence-corrected chi connectivity index (χ0v) is 10.3. The van der Waals surface area contributed by atoms with Crippen molar-refractivity contribution in [1.29, 1.82) is 0 Å². The first kappa shape index (κ1) is 10.9. The molecule has 1 aromatic carbocycles. The number of H-pyrrole nitrogens is 1. The van der Waals surface area contributed by atoms with Crippen LogP contribution in [0.4, 0.5) is 0 Å². The van der Waals surface area contributed by atoms with Crippen LogP contribution in [0.25, 0.3) is 22.3 Å². The van der Waals surface area contributed by atoms with Gasteiger partial charge >= 0.3 is 5.97 Å². The summed E-state index contributed by atoms with van der Waals surface area (Å²) in [6.45, 7) is 1.89. The monoisotopic (exact) mass is 259 g/mol. The number of hydrogen-bond donors (Lipinski definition) is 2. The van der Waals surface area contributed by atoms with Gasteiger partial charge in [-0.1, -0.05) is 6.07 Å². The van der Waals surface area contributed by atoms with Crippen LogP contribution in [0.15, 0.2) is 23.6 Å². The van der Waals surface area contributed by atoms with E-state index in [1.165, 1.54) is 0 Å². The summed E-state index contributed by atoms with van der Waals surface area (Å²) < 4.78 is 0. The largest absolute Gasteiger partial charge is 0.476 e. The highest BCUT2D eigenvalue weighted by Gasteiger charge is 2.11. The maximum absolute atomic E-state index is 10.8. The van der Waals surface area contributed by atoms with Crippen LogP contribution in [0.1, 0.15) is 15.6 Å². The fourth-order valence-electron chi connectivity index (χ4n) is 1.80. The number of aromatic nitrogens is 3. The topological polar surface area (TPSA) is 78.9 Å². The third kappa shape index (κ3) is 1.76. The minimum absolute atomic E-state index is 0.103. The zero-order valence-electron chi connectivity index (χ0n) is 9.47. The number of carboxylic acids is 1. The molecule has 0 spiro atoms. The Balaban J connectivity index is 2.09. The second kappa shape index (κ2) is 3.92. The van der Waals surface area contributed by atoms with Crippen molar-refractivity contribution in [2.75, 3.05) is 0 Å². The molecule has 0 amide bonds. The van der Waals surface area contributed by atoms with Gasteiger partial charge in [-0.25, -0.2) is 14.8 Å². The van der Waals surface area contributed by atoms with Gasteiger partial charge < -0.3 is 10.1 Å². The van der Waals surface area contributed by atoms with Gasteiger partial charge in [0.25, 0.3) is 0 Å². The van der Waals surface area contributed by atoms with Gasteiger partial charge in [0.1, 0.15) is 5.82 Å². The molecule has 0 saturated carbocycles. The number of carboxylic acid groups (broad SMARTS) is 1. The Kier molecular flexibility index (Phi) is 2.38. The van der Waals surface area contributed by atoms with Crippen molar-refractivity contribution in [3.8, 4) is 11.3 Å². The number of nitrogens with one attached hydrogen (secondary N) is 1. The van der Waals surface area contributed by atoms with Crippen LogP contribution in [0.3, 0.4) is 0 Å². The number of nitrogens with zero attached hydrogens (tertiary/aromatic N) is 2. The molecule has 5 nitrogen and oxygen atoms in total. The molecule has 2 aromatic heterocycles. The normalized spacial score (nSPS) is 10.9. The van der Waals surface area contributed by atoms with Crippen molar-refractivity contribution in [3.05, 3.63) is 34.4 Å². The predicted octanol–water partition coefficient (Wildman–Crippen LogP) is 2.69. The molecule has 0 radical (unpaired) electrons. The molecular weight excluding hydrogens is 250 g/mol. The summed E-state index contributed by atoms with van der Waals surface area (Å²) in [5.74, 6) is -0.142. The number of fused-ring (bicyclic) bond motifs is 1. The first-order valence-electron chi connectivity index (χ1n) is 5.29. The Morgan fingerprint density at radius 1 is 1.39 bits per heavy atom. The average molecular weight is 259 g/mol. The molecule has 18 heavy (non-hydrogen) atoms. The molecule has 0 atom stereocenters. The molecule has 0 aliphatic heterocycles. The number of benzene rings is 1. The molecule has 0 fully saturated rings. The highest BCUT2D eigenvalue weighted by Crippen LogP contribution is 2.24. The van der Waals surface area contributed by atoms with E-state index in [2.05, 4.69) is 15.0 Å². The van der Waals surface area contributed by atoms with Crippen molar-refractivity contribution >= 4 is 28.3 Å². The van der Waals surface area contributed by atoms with E-state index in [0.29, 0.717) is 5.69 Å². The van der Waals surface area contributed by atoms with E-state index in [1.54, 1.807) is 5.38 Å². The summed E-state index contributed by atoms with van der Waals surface area (Å²) in [5, 5.41) is 10.7. The lowest BCUT2D eigenvalue weighted by Crippen LogP contribution is -1.94. The summed E-state index contributed by atoms with van der Waals surface area (Å²) >= 11 is 1.13. The lowest BCUT2D eigenvalue weighted by molar-refractivity contribution is 0.0696. The van der Waals surface area contributed by atoms with Crippen LogP contribution in [0.5, 0.6) is 0 Å². The van der Waals surface area contributed by atoms with Crippen molar-refractivity contribution in [1.82, 2.24) is 15.0 Å². The Labute approximate surface area is 106 Å². The molecule has 3 rings (SSSR count). The Hall–Kier alpha value is -2.21. The van der Waals surface area contributed by atoms with Crippen LogP contribution in [-0.4, -0.2) is 26.0 Å². The van der Waals surface area contributed by atoms with Crippen molar-refractivity contribution in [3.63, 3.8) is 0 Å². The highest BCUT2D eigenvalue weighted by atomic mass is 32.1. The average Bonchev–Trinajstić information content (AvgIpc) is 2.91. The van der Waals surface area contributed by atoms with Gasteiger partial charge in [-0.15, -0.1) is 11.3 Å². The van der Waals surface area contributed by atoms with Gasteiger partial charge in [-0.05, 0) is 19.1 Å². The minimum Gasteiger partial charge on any atom is -0.476 e. The summed E-state index contributed by atoms with van der Waals surface area (Å²) in [6, 6.07) is 5.72. The minimum atomic E-state index is -0.996. The molecule has 0 unspecified atom stereocenters. The lowest BCUT2D eigenvalue weighted by Gasteiger charge is -1.95. The number of imidazole rings is 1. The van der Waals surface area contributed by atoms with Crippen molar-refractivity contribution in [2.24, 2.45) is 0 Å². The molecule has 6 heteroatoms. The van der Waals surface area contributed by atoms with Crippen LogP contribution >= 0.6 is 11.3 Å². The Bertz CT molecular complexity index is 745. The maximum Gasteiger partial charge on any atom is 0.365 e. The van der Waals surface area contributed by atoms with Crippen LogP contribution in [0, 0.1) is 6.92 Å². The number of aromatic carboxylic acids is 1. The standard InChI is InChI=1S/C12H9N3O2S/c1-6-13-8-3-2-7(4-9(8)14-6)10-5-18-11(15-10)12(16)17/h2-5H,1H3,(H,13,14)(H,16,17). The van der Waals surface area contributed by atoms with Gasteiger partial charge in [0.2, 0.25) is 5.01 Å². The summed E-state index contributed by atoms with van der Waals surface area (Å²) in [4.78, 5) is 22.3. The van der Waals surface area contributed by atoms with E-state index in [0.717, 1.165) is 33.8 Å². The molecule has 3 aromatic rings. The molecule has 90 valence electrons. The first-order valence-corrected chi connectivity index (χ1v) is 6.17. The van der Waals surface area contributed by atoms with Gasteiger partial charge in [-0.2, -0.15) is 0 Å². The van der Waals surface area contributed by atoms with E-state index in [1.807, 2.05) is 25.1 Å². The fourth-order valence-corrected chi connectivity index (χ4v) is 2.46. The Morgan fingerprint density at radius 3 is 2.94 bits per heavy atom. The van der Waals surface area contributed by atoms with Gasteiger partial charge in [0.05, 0.1) is 16.7 Å². The van der Waals surface area contributed by atoms with E-state index in [-0.39, 0.29) is 5.01 Å². The molecule has 0 aliphatic carbocycles. The summed E-state index contributed by atoms with van der Waals surface area (Å²) in [5.41, 5.74) is 3.38. The fraction of sp³-hybridized carbons (Fsp3) is 0.0833. The smallest absolute Gasteiger partial charge is 0.365 e. The molecule has 2 heterocycles. The highest BCUT2D eigenvalue weighted by molar-refractivity contribution is 7.11. The van der Waals surface area contributed by atoms with Gasteiger partial charge in [0.15, 0.2) is 0 Å². The molecule has 0 saturated heterocycles. The van der Waals surface area contributed by atoms with Crippen molar-refractivity contribution < 1.29 is 9.90 Å². The number of rotatable bonds is 2. The second-order valence-corrected chi connectivity index (χ2v) is 4.76. The predicted molar refractivity (Wildman–Crippen MR) is 68.9 cm³/mol. The quantitative estimate of drug-likeness (QED) is 0.741. The molecule has 0 bridgehead atoms. The summed E-state index contributed by atoms with van der Waals surface area (Å²) in [6.07, 6.45) is 0. The second-order valence-electron chi connectivity index (χ2n) is 3.90. The van der Waals surface area contributed by atoms with E-state index in [9.17, 15) is 4.79 Å². The summed E-state index contributed by atoms with van der Waals surface area (Å²) in [7, 11) is 0. The third-order valence-corrected chi connectivity index (χ3v) is 3.41. The lowest BCUT2D eigenvalue weighted by atomic mass is 10.1. The Morgan fingerprint density at radius 2 is 2.22 bits per heavy atom. The number of hydrogen-bond acceptors (Lipinski definition) is 4. The SMILES string of the molecule is Cc1nc2ccc(-c3csc(C(=O)O)n3)cc2[nH]1. The number of aryl methyl sites for hydroxylation is 1. The first-order chi connectivity index (χ1) is 8.63. The van der Waals surface area contributed by atoms with Crippen LogP contribution in [-0.2, 0) is 0 Å². The van der Waals surface area contributed by atoms with E-state index >= 15 is 0 Å². The van der Waals surface area contributed by atoms with Crippen LogP contribution < -0.4 is 0 Å². The van der Waals surface area contributed by atoms with Crippen LogP contribution in [0.2, 0.25) is 0 Å². The third-order valence-electron chi connectivity index (χ3n) is 2.58.